The Morgan fingerprint density at radius 1 is 1.69 bits per heavy atom. The summed E-state index contributed by atoms with van der Waals surface area (Å²) in [6.45, 7) is 3.83. The maximum atomic E-state index is 10.9. The minimum absolute atomic E-state index is 0.0910. The van der Waals surface area contributed by atoms with Crippen LogP contribution in [0.2, 0.25) is 0 Å². The van der Waals surface area contributed by atoms with Gasteiger partial charge in [-0.25, -0.2) is 9.97 Å². The Bertz CT molecular complexity index is 356. The van der Waals surface area contributed by atoms with Crippen LogP contribution in [0.25, 0.3) is 0 Å². The molecule has 6 nitrogen and oxygen atoms in total. The van der Waals surface area contributed by atoms with Gasteiger partial charge in [-0.1, -0.05) is 0 Å². The molecule has 16 heavy (non-hydrogen) atoms. The Balaban J connectivity index is 2.64. The van der Waals surface area contributed by atoms with Crippen LogP contribution in [0, 0.1) is 6.07 Å². The summed E-state index contributed by atoms with van der Waals surface area (Å²) in [6.07, 6.45) is 1.39. The highest BCUT2D eigenvalue weighted by Gasteiger charge is 2.08. The first-order valence-electron chi connectivity index (χ1n) is 4.98. The lowest BCUT2D eigenvalue weighted by Gasteiger charge is -2.16. The number of hydrogen-bond acceptors (Lipinski definition) is 5. The van der Waals surface area contributed by atoms with E-state index in [0.29, 0.717) is 25.7 Å². The molecular formula is C10H15N4O2. The molecule has 0 bridgehead atoms. The molecule has 0 fully saturated rings. The third kappa shape index (κ3) is 3.47. The molecule has 1 rings (SSSR count). The van der Waals surface area contributed by atoms with Crippen LogP contribution in [0.5, 0.6) is 0 Å². The van der Waals surface area contributed by atoms with Gasteiger partial charge in [0.05, 0.1) is 6.61 Å². The molecular weight excluding hydrogens is 208 g/mol. The molecule has 1 amide bonds. The number of likely N-dealkylation sites (N-methyl/N-ethyl adjacent to an activating group) is 1. The van der Waals surface area contributed by atoms with Gasteiger partial charge in [0.15, 0.2) is 0 Å². The van der Waals surface area contributed by atoms with Crippen molar-refractivity contribution in [1.29, 1.82) is 0 Å². The standard InChI is InChI=1S/C10H15N4O2/c1-3-16-7-6-14(2)10-12-5-4-8(13-10)9(11)15/h5H,3,6-7H2,1-2H3,(H2,11,15). The van der Waals surface area contributed by atoms with Crippen LogP contribution in [0.4, 0.5) is 5.95 Å². The Kier molecular flexibility index (Phi) is 4.65. The Morgan fingerprint density at radius 3 is 3.06 bits per heavy atom. The highest BCUT2D eigenvalue weighted by atomic mass is 16.5. The molecule has 0 atom stereocenters. The van der Waals surface area contributed by atoms with Gasteiger partial charge >= 0.3 is 0 Å². The predicted molar refractivity (Wildman–Crippen MR) is 59.1 cm³/mol. The number of hydrogen-bond donors (Lipinski definition) is 1. The van der Waals surface area contributed by atoms with E-state index in [1.165, 1.54) is 6.20 Å². The highest BCUT2D eigenvalue weighted by Crippen LogP contribution is 2.04. The number of anilines is 1. The van der Waals surface area contributed by atoms with E-state index in [1.54, 1.807) is 4.90 Å². The average Bonchev–Trinajstić information content (AvgIpc) is 2.29. The Morgan fingerprint density at radius 2 is 2.44 bits per heavy atom. The third-order valence-corrected chi connectivity index (χ3v) is 1.94. The maximum Gasteiger partial charge on any atom is 0.268 e. The number of primary amides is 1. The lowest BCUT2D eigenvalue weighted by atomic mass is 10.4. The Labute approximate surface area is 94.4 Å². The van der Waals surface area contributed by atoms with E-state index >= 15 is 0 Å². The minimum Gasteiger partial charge on any atom is -0.380 e. The van der Waals surface area contributed by atoms with Gasteiger partial charge in [0, 0.05) is 32.5 Å². The molecule has 0 aliphatic heterocycles. The number of rotatable bonds is 6. The molecule has 2 N–H and O–H groups in total. The molecule has 6 heteroatoms. The number of nitrogens with two attached hydrogens (primary N) is 1. The first-order chi connectivity index (χ1) is 7.65. The molecule has 1 aromatic rings. The molecule has 0 aromatic carbocycles. The van der Waals surface area contributed by atoms with Crippen molar-refractivity contribution in [3.63, 3.8) is 0 Å². The Hall–Kier alpha value is -1.69. The van der Waals surface area contributed by atoms with E-state index in [1.807, 2.05) is 14.0 Å². The molecule has 0 unspecified atom stereocenters. The lowest BCUT2D eigenvalue weighted by molar-refractivity contribution is 0.0995. The molecule has 1 radical (unpaired) electrons. The third-order valence-electron chi connectivity index (χ3n) is 1.94. The van der Waals surface area contributed by atoms with Crippen LogP contribution in [0.3, 0.4) is 0 Å². The summed E-state index contributed by atoms with van der Waals surface area (Å²) in [6, 6.07) is 2.58. The van der Waals surface area contributed by atoms with Crippen molar-refractivity contribution in [2.24, 2.45) is 5.73 Å². The number of carbonyl (C=O) groups excluding carboxylic acids is 1. The number of amides is 1. The molecule has 1 aromatic heterocycles. The van der Waals surface area contributed by atoms with E-state index in [4.69, 9.17) is 10.5 Å². The summed E-state index contributed by atoms with van der Waals surface area (Å²) in [5, 5.41) is 0. The fourth-order valence-corrected chi connectivity index (χ4v) is 1.07. The van der Waals surface area contributed by atoms with E-state index in [0.717, 1.165) is 0 Å². The summed E-state index contributed by atoms with van der Waals surface area (Å²) in [5.41, 5.74) is 5.19. The molecule has 0 aliphatic carbocycles. The molecule has 0 saturated carbocycles. The van der Waals surface area contributed by atoms with E-state index in [9.17, 15) is 4.79 Å². The topological polar surface area (TPSA) is 81.3 Å². The van der Waals surface area contributed by atoms with Gasteiger partial charge in [0.1, 0.15) is 5.69 Å². The van der Waals surface area contributed by atoms with Crippen molar-refractivity contribution in [1.82, 2.24) is 9.97 Å². The normalized spacial score (nSPS) is 10.1. The summed E-state index contributed by atoms with van der Waals surface area (Å²) < 4.78 is 5.21. The molecule has 0 aliphatic rings. The van der Waals surface area contributed by atoms with Crippen LogP contribution in [-0.2, 0) is 4.74 Å². The quantitative estimate of drug-likeness (QED) is 0.678. The second-order valence-corrected chi connectivity index (χ2v) is 3.15. The van der Waals surface area contributed by atoms with E-state index in [-0.39, 0.29) is 5.69 Å². The molecule has 0 saturated heterocycles. The summed E-state index contributed by atoms with van der Waals surface area (Å²) in [4.78, 5) is 20.7. The van der Waals surface area contributed by atoms with Crippen molar-refractivity contribution in [2.45, 2.75) is 6.92 Å². The number of ether oxygens (including phenoxy) is 1. The first kappa shape index (κ1) is 12.4. The zero-order valence-corrected chi connectivity index (χ0v) is 9.43. The van der Waals surface area contributed by atoms with E-state index < -0.39 is 5.91 Å². The molecule has 87 valence electrons. The summed E-state index contributed by atoms with van der Waals surface area (Å²) in [5.74, 6) is -0.172. The van der Waals surface area contributed by atoms with Gasteiger partial charge in [0.2, 0.25) is 5.95 Å². The highest BCUT2D eigenvalue weighted by molar-refractivity contribution is 5.90. The number of aromatic nitrogens is 2. The maximum absolute atomic E-state index is 10.9. The first-order valence-corrected chi connectivity index (χ1v) is 4.98. The van der Waals surface area contributed by atoms with Crippen molar-refractivity contribution < 1.29 is 9.53 Å². The zero-order chi connectivity index (χ0) is 12.0. The second-order valence-electron chi connectivity index (χ2n) is 3.15. The van der Waals surface area contributed by atoms with Gasteiger partial charge in [0.25, 0.3) is 5.91 Å². The van der Waals surface area contributed by atoms with Crippen molar-refractivity contribution >= 4 is 11.9 Å². The second kappa shape index (κ2) is 6.02. The number of nitrogens with zero attached hydrogens (tertiary/aromatic N) is 3. The zero-order valence-electron chi connectivity index (χ0n) is 9.43. The van der Waals surface area contributed by atoms with Crippen molar-refractivity contribution in [3.8, 4) is 0 Å². The lowest BCUT2D eigenvalue weighted by Crippen LogP contribution is -2.25. The summed E-state index contributed by atoms with van der Waals surface area (Å²) in [7, 11) is 1.82. The van der Waals surface area contributed by atoms with E-state index in [2.05, 4.69) is 16.0 Å². The summed E-state index contributed by atoms with van der Waals surface area (Å²) >= 11 is 0. The van der Waals surface area contributed by atoms with Crippen molar-refractivity contribution in [3.05, 3.63) is 18.0 Å². The molecule has 0 spiro atoms. The van der Waals surface area contributed by atoms with Crippen LogP contribution in [0.1, 0.15) is 17.4 Å². The SMILES string of the molecule is CCOCCN(C)c1nc[c]c(C(N)=O)n1. The smallest absolute Gasteiger partial charge is 0.268 e. The fraction of sp³-hybridized carbons (Fsp3) is 0.500. The van der Waals surface area contributed by atoms with Crippen LogP contribution in [0.15, 0.2) is 6.20 Å². The van der Waals surface area contributed by atoms with Crippen molar-refractivity contribution in [2.75, 3.05) is 31.7 Å². The van der Waals surface area contributed by atoms with Crippen LogP contribution in [-0.4, -0.2) is 42.7 Å². The van der Waals surface area contributed by atoms with Gasteiger partial charge in [-0.3, -0.25) is 4.79 Å². The average molecular weight is 223 g/mol. The largest absolute Gasteiger partial charge is 0.380 e. The van der Waals surface area contributed by atoms with Gasteiger partial charge in [-0.05, 0) is 6.92 Å². The van der Waals surface area contributed by atoms with Gasteiger partial charge in [-0.15, -0.1) is 0 Å². The fourth-order valence-electron chi connectivity index (χ4n) is 1.07. The van der Waals surface area contributed by atoms with Crippen LogP contribution < -0.4 is 10.6 Å². The van der Waals surface area contributed by atoms with Gasteiger partial charge < -0.3 is 15.4 Å². The van der Waals surface area contributed by atoms with Crippen LogP contribution >= 0.6 is 0 Å². The molecule has 1 heterocycles. The number of carbonyl (C=O) groups is 1. The monoisotopic (exact) mass is 223 g/mol. The predicted octanol–water partition coefficient (Wildman–Crippen LogP) is -0.152. The minimum atomic E-state index is -0.609. The van der Waals surface area contributed by atoms with Gasteiger partial charge in [-0.2, -0.15) is 0 Å².